The second-order valence-electron chi connectivity index (χ2n) is 17.7. The molecule has 352 valence electrons. The number of rotatable bonds is 33. The van der Waals surface area contributed by atoms with Crippen molar-refractivity contribution < 1.29 is 33.7 Å². The number of aromatic hydroxyl groups is 1. The number of phenolic OH excluding ortho intramolecular Hbond substituents is 1. The van der Waals surface area contributed by atoms with E-state index in [2.05, 4.69) is 28.9 Å². The molecule has 4 rings (SSSR count). The van der Waals surface area contributed by atoms with Crippen LogP contribution in [0.25, 0.3) is 0 Å². The summed E-state index contributed by atoms with van der Waals surface area (Å²) in [5.74, 6) is 3.63. The number of phenols is 1. The van der Waals surface area contributed by atoms with Crippen molar-refractivity contribution in [3.05, 3.63) is 71.8 Å². The van der Waals surface area contributed by atoms with Gasteiger partial charge in [-0.25, -0.2) is 0 Å². The van der Waals surface area contributed by atoms with E-state index < -0.39 is 0 Å². The number of carbonyl (C=O) groups excluding carboxylic acids is 3. The van der Waals surface area contributed by atoms with Crippen LogP contribution in [-0.4, -0.2) is 96.8 Å². The second-order valence-corrected chi connectivity index (χ2v) is 20.4. The molecule has 0 atom stereocenters. The number of allylic oxidation sites excluding steroid dienone is 2. The van der Waals surface area contributed by atoms with Gasteiger partial charge in [-0.3, -0.25) is 14.4 Å². The van der Waals surface area contributed by atoms with E-state index in [1.807, 2.05) is 33.7 Å². The molecule has 0 radical (unpaired) electrons. The molecule has 0 aliphatic carbocycles. The van der Waals surface area contributed by atoms with Crippen molar-refractivity contribution in [2.45, 2.75) is 148 Å². The quantitative estimate of drug-likeness (QED) is 0.0243. The molecule has 1 N–H and O–H groups in total. The number of piperidine rings is 2. The van der Waals surface area contributed by atoms with Crippen LogP contribution in [0.3, 0.4) is 0 Å². The molecule has 0 aromatic heterocycles. The van der Waals surface area contributed by atoms with Gasteiger partial charge in [0.2, 0.25) is 0 Å². The van der Waals surface area contributed by atoms with E-state index in [0.717, 1.165) is 113 Å². The van der Waals surface area contributed by atoms with Crippen LogP contribution in [-0.2, 0) is 36.7 Å². The zero-order chi connectivity index (χ0) is 44.6. The van der Waals surface area contributed by atoms with Crippen molar-refractivity contribution >= 4 is 39.5 Å². The van der Waals surface area contributed by atoms with E-state index >= 15 is 0 Å². The highest BCUT2D eigenvalue weighted by atomic mass is 33.1. The molecule has 2 fully saturated rings. The minimum atomic E-state index is -0.209. The van der Waals surface area contributed by atoms with Gasteiger partial charge in [0, 0.05) is 31.0 Å². The predicted octanol–water partition coefficient (Wildman–Crippen LogP) is 11.8. The van der Waals surface area contributed by atoms with Gasteiger partial charge in [-0.05, 0) is 144 Å². The van der Waals surface area contributed by atoms with Crippen LogP contribution in [0.4, 0.5) is 0 Å². The average molecular weight is 909 g/mol. The Morgan fingerprint density at radius 2 is 1.05 bits per heavy atom. The molecule has 0 bridgehead atoms. The summed E-state index contributed by atoms with van der Waals surface area (Å²) in [6, 6.07) is 13.9. The Labute approximate surface area is 388 Å². The third-order valence-corrected chi connectivity index (χ3v) is 14.9. The highest BCUT2D eigenvalue weighted by Gasteiger charge is 2.21. The smallest absolute Gasteiger partial charge is 0.311 e. The summed E-state index contributed by atoms with van der Waals surface area (Å²) < 4.78 is 16.6. The normalized spacial score (nSPS) is 15.5. The molecular weight excluding hydrogens is 829 g/mol. The Hall–Kier alpha value is -2.99. The number of benzene rings is 2. The summed E-state index contributed by atoms with van der Waals surface area (Å²) >= 11 is 0. The molecule has 2 saturated heterocycles. The minimum absolute atomic E-state index is 0.195. The fourth-order valence-electron chi connectivity index (χ4n) is 8.37. The summed E-state index contributed by atoms with van der Waals surface area (Å²) in [5.41, 5.74) is 1.72. The lowest BCUT2D eigenvalue weighted by Crippen LogP contribution is -2.36. The number of likely N-dealkylation sites (tertiary alicyclic amines) is 2. The Balaban J connectivity index is 0.900. The van der Waals surface area contributed by atoms with Gasteiger partial charge >= 0.3 is 17.9 Å². The zero-order valence-electron chi connectivity index (χ0n) is 38.7. The topological polar surface area (TPSA) is 106 Å². The lowest BCUT2D eigenvalue weighted by Gasteiger charge is -2.32. The summed E-state index contributed by atoms with van der Waals surface area (Å²) in [7, 11) is 3.98. The first-order valence-electron chi connectivity index (χ1n) is 24.6. The van der Waals surface area contributed by atoms with Crippen LogP contribution < -0.4 is 4.74 Å². The van der Waals surface area contributed by atoms with Crippen molar-refractivity contribution in [1.82, 2.24) is 9.80 Å². The van der Waals surface area contributed by atoms with E-state index in [4.69, 9.17) is 14.2 Å². The summed E-state index contributed by atoms with van der Waals surface area (Å²) in [5, 5.41) is 9.40. The number of unbranched alkanes of at least 4 members (excludes halogenated alkanes) is 11. The van der Waals surface area contributed by atoms with Crippen LogP contribution in [0.2, 0.25) is 0 Å². The molecule has 0 unspecified atom stereocenters. The van der Waals surface area contributed by atoms with Gasteiger partial charge in [-0.1, -0.05) is 116 Å². The largest absolute Gasteiger partial charge is 0.508 e. The zero-order valence-corrected chi connectivity index (χ0v) is 40.3. The Bertz CT molecular complexity index is 1540. The van der Waals surface area contributed by atoms with Crippen molar-refractivity contribution in [3.8, 4) is 11.5 Å². The molecule has 0 saturated carbocycles. The SMILES string of the molecule is CCCCCCCC/C=C\CCCCCCCC(=O)Oc1ccc(CC(=O)OCCC2CCN(CCSSCCN3CCC(CCOC(=O)Cc4ccc(O)cc4)CC3)CC2)cc1. The predicted molar refractivity (Wildman–Crippen MR) is 261 cm³/mol. The third-order valence-electron chi connectivity index (χ3n) is 12.5. The lowest BCUT2D eigenvalue weighted by molar-refractivity contribution is -0.144. The lowest BCUT2D eigenvalue weighted by atomic mass is 9.94. The maximum absolute atomic E-state index is 12.5. The van der Waals surface area contributed by atoms with Crippen molar-refractivity contribution in [2.24, 2.45) is 11.8 Å². The van der Waals surface area contributed by atoms with Gasteiger partial charge < -0.3 is 29.1 Å². The Morgan fingerprint density at radius 3 is 1.54 bits per heavy atom. The minimum Gasteiger partial charge on any atom is -0.508 e. The summed E-state index contributed by atoms with van der Waals surface area (Å²) in [4.78, 5) is 42.2. The van der Waals surface area contributed by atoms with Gasteiger partial charge in [0.1, 0.15) is 11.5 Å². The van der Waals surface area contributed by atoms with E-state index in [1.165, 1.54) is 70.6 Å². The monoisotopic (exact) mass is 909 g/mol. The molecule has 0 amide bonds. The van der Waals surface area contributed by atoms with Crippen LogP contribution in [0.1, 0.15) is 146 Å². The molecule has 63 heavy (non-hydrogen) atoms. The first-order chi connectivity index (χ1) is 30.9. The molecule has 2 heterocycles. The molecule has 2 aliphatic rings. The van der Waals surface area contributed by atoms with E-state index in [-0.39, 0.29) is 36.5 Å². The molecular formula is C52H80N2O7S2. The Morgan fingerprint density at radius 1 is 0.603 bits per heavy atom. The van der Waals surface area contributed by atoms with Gasteiger partial charge in [0.15, 0.2) is 0 Å². The fourth-order valence-corrected chi connectivity index (χ4v) is 10.4. The van der Waals surface area contributed by atoms with E-state index in [9.17, 15) is 19.5 Å². The Kier molecular flexibility index (Phi) is 28.0. The summed E-state index contributed by atoms with van der Waals surface area (Å²) in [6.07, 6.45) is 28.1. The highest BCUT2D eigenvalue weighted by molar-refractivity contribution is 8.76. The summed E-state index contributed by atoms with van der Waals surface area (Å²) in [6.45, 7) is 9.95. The van der Waals surface area contributed by atoms with Crippen molar-refractivity contribution in [2.75, 3.05) is 64.0 Å². The van der Waals surface area contributed by atoms with Gasteiger partial charge in [-0.15, -0.1) is 0 Å². The van der Waals surface area contributed by atoms with Crippen LogP contribution in [0.5, 0.6) is 11.5 Å². The molecule has 2 aromatic rings. The van der Waals surface area contributed by atoms with Gasteiger partial charge in [0.25, 0.3) is 0 Å². The van der Waals surface area contributed by atoms with Gasteiger partial charge in [-0.2, -0.15) is 0 Å². The average Bonchev–Trinajstić information content (AvgIpc) is 3.28. The number of esters is 3. The first-order valence-corrected chi connectivity index (χ1v) is 27.1. The van der Waals surface area contributed by atoms with Crippen LogP contribution in [0, 0.1) is 11.8 Å². The number of nitrogens with zero attached hydrogens (tertiary/aromatic N) is 2. The number of carbonyl (C=O) groups is 3. The van der Waals surface area contributed by atoms with E-state index in [1.54, 1.807) is 36.4 Å². The first kappa shape index (κ1) is 52.6. The third kappa shape index (κ3) is 25.3. The maximum Gasteiger partial charge on any atom is 0.311 e. The van der Waals surface area contributed by atoms with Crippen molar-refractivity contribution in [1.29, 1.82) is 0 Å². The molecule has 2 aliphatic heterocycles. The maximum atomic E-state index is 12.5. The highest BCUT2D eigenvalue weighted by Crippen LogP contribution is 2.26. The molecule has 11 heteroatoms. The molecule has 9 nitrogen and oxygen atoms in total. The number of ether oxygens (including phenoxy) is 3. The van der Waals surface area contributed by atoms with Gasteiger partial charge in [0.05, 0.1) is 26.1 Å². The number of hydrogen-bond donors (Lipinski definition) is 1. The molecule has 0 spiro atoms. The van der Waals surface area contributed by atoms with E-state index in [0.29, 0.717) is 37.2 Å². The van der Waals surface area contributed by atoms with Crippen LogP contribution in [0.15, 0.2) is 60.7 Å². The second kappa shape index (κ2) is 33.5. The van der Waals surface area contributed by atoms with Crippen molar-refractivity contribution in [3.63, 3.8) is 0 Å². The standard InChI is InChI=1S/C52H80N2O7S2/c1-2-3-4-5-6-7-8-9-10-11-12-13-14-15-16-17-50(56)61-49-24-20-47(21-25-49)43-52(58)60-39-31-45-28-34-54(35-29-45)37-41-63-62-40-36-53-32-26-44(27-33-53)30-38-59-51(57)42-46-18-22-48(55)23-19-46/h9-10,18-25,44-45,55H,2-8,11-17,26-43H2,1H3/b10-9-. The molecule has 2 aromatic carbocycles. The number of hydrogen-bond acceptors (Lipinski definition) is 11. The van der Waals surface area contributed by atoms with Crippen LogP contribution >= 0.6 is 21.6 Å². The fraction of sp³-hybridized carbons (Fsp3) is 0.673.